The number of halogens is 2. The molecule has 0 aliphatic carbocycles. The molecule has 0 fully saturated rings. The van der Waals surface area contributed by atoms with E-state index in [4.69, 9.17) is 0 Å². The van der Waals surface area contributed by atoms with Crippen molar-refractivity contribution in [2.75, 3.05) is 0 Å². The Morgan fingerprint density at radius 1 is 1.19 bits per heavy atom. The number of rotatable bonds is 3. The predicted octanol–water partition coefficient (Wildman–Crippen LogP) is 3.17. The first-order valence-electron chi connectivity index (χ1n) is 6.29. The normalized spacial score (nSPS) is 10.8. The van der Waals surface area contributed by atoms with Gasteiger partial charge in [-0.2, -0.15) is 0 Å². The molecule has 0 spiro atoms. The molecular formula is C15H11BrFN3O. The molecule has 0 radical (unpaired) electrons. The van der Waals surface area contributed by atoms with Crippen molar-refractivity contribution in [3.8, 4) is 0 Å². The molecule has 0 aliphatic rings. The third-order valence-electron chi connectivity index (χ3n) is 3.00. The summed E-state index contributed by atoms with van der Waals surface area (Å²) >= 11 is 3.39. The topological polar surface area (TPSA) is 46.4 Å². The summed E-state index contributed by atoms with van der Waals surface area (Å²) < 4.78 is 15.6. The summed E-state index contributed by atoms with van der Waals surface area (Å²) in [4.78, 5) is 16.3. The molecule has 6 heteroatoms. The summed E-state index contributed by atoms with van der Waals surface area (Å²) in [6, 6.07) is 9.21. The molecule has 0 bridgehead atoms. The highest BCUT2D eigenvalue weighted by Crippen LogP contribution is 2.12. The minimum absolute atomic E-state index is 0.256. The molecule has 1 N–H and O–H groups in total. The van der Waals surface area contributed by atoms with E-state index in [2.05, 4.69) is 26.2 Å². The smallest absolute Gasteiger partial charge is 0.251 e. The molecule has 1 aromatic carbocycles. The summed E-state index contributed by atoms with van der Waals surface area (Å²) in [7, 11) is 0. The van der Waals surface area contributed by atoms with Crippen molar-refractivity contribution >= 4 is 27.5 Å². The number of benzene rings is 1. The zero-order chi connectivity index (χ0) is 14.8. The Balaban J connectivity index is 1.71. The lowest BCUT2D eigenvalue weighted by molar-refractivity contribution is 0.0950. The molecule has 0 aliphatic heterocycles. The van der Waals surface area contributed by atoms with E-state index in [1.54, 1.807) is 0 Å². The zero-order valence-corrected chi connectivity index (χ0v) is 12.5. The number of aromatic nitrogens is 2. The van der Waals surface area contributed by atoms with Gasteiger partial charge in [0, 0.05) is 22.4 Å². The molecule has 0 saturated carbocycles. The third kappa shape index (κ3) is 3.11. The molecule has 106 valence electrons. The number of carbonyl (C=O) groups is 1. The fourth-order valence-corrected chi connectivity index (χ4v) is 2.33. The molecule has 2 aromatic heterocycles. The number of hydrogen-bond acceptors (Lipinski definition) is 2. The maximum Gasteiger partial charge on any atom is 0.251 e. The van der Waals surface area contributed by atoms with E-state index in [0.717, 1.165) is 15.8 Å². The highest BCUT2D eigenvalue weighted by molar-refractivity contribution is 9.10. The number of fused-ring (bicyclic) bond motifs is 1. The molecule has 3 rings (SSSR count). The number of amides is 1. The molecule has 0 atom stereocenters. The van der Waals surface area contributed by atoms with Crippen LogP contribution in [0, 0.1) is 5.82 Å². The Bertz CT molecular complexity index is 798. The first-order valence-corrected chi connectivity index (χ1v) is 7.08. The second-order valence-corrected chi connectivity index (χ2v) is 5.45. The second kappa shape index (κ2) is 5.65. The van der Waals surface area contributed by atoms with Gasteiger partial charge in [-0.1, -0.05) is 0 Å². The first-order chi connectivity index (χ1) is 10.1. The fraction of sp³-hybridized carbons (Fsp3) is 0.0667. The van der Waals surface area contributed by atoms with Crippen LogP contribution < -0.4 is 5.32 Å². The highest BCUT2D eigenvalue weighted by atomic mass is 79.9. The zero-order valence-electron chi connectivity index (χ0n) is 10.9. The lowest BCUT2D eigenvalue weighted by Crippen LogP contribution is -2.22. The van der Waals surface area contributed by atoms with Crippen LogP contribution in [0.1, 0.15) is 16.1 Å². The van der Waals surface area contributed by atoms with E-state index >= 15 is 0 Å². The summed E-state index contributed by atoms with van der Waals surface area (Å²) in [6.07, 6.45) is 3.75. The Morgan fingerprint density at radius 3 is 2.71 bits per heavy atom. The minimum Gasteiger partial charge on any atom is -0.346 e. The van der Waals surface area contributed by atoms with Crippen molar-refractivity contribution in [2.45, 2.75) is 6.54 Å². The van der Waals surface area contributed by atoms with Gasteiger partial charge in [-0.3, -0.25) is 4.79 Å². The van der Waals surface area contributed by atoms with Crippen LogP contribution in [0.2, 0.25) is 0 Å². The van der Waals surface area contributed by atoms with Crippen molar-refractivity contribution in [1.82, 2.24) is 14.7 Å². The Hall–Kier alpha value is -2.21. The maximum absolute atomic E-state index is 12.8. The van der Waals surface area contributed by atoms with Crippen LogP contribution in [0.3, 0.4) is 0 Å². The SMILES string of the molecule is O=C(NCc1cn2cc(Br)ccc2n1)c1ccc(F)cc1. The number of carbonyl (C=O) groups excluding carboxylic acids is 1. The number of nitrogens with zero attached hydrogens (tertiary/aromatic N) is 2. The van der Waals surface area contributed by atoms with Crippen molar-refractivity contribution < 1.29 is 9.18 Å². The van der Waals surface area contributed by atoms with Crippen LogP contribution in [0.15, 0.2) is 53.3 Å². The molecule has 0 saturated heterocycles. The maximum atomic E-state index is 12.8. The average Bonchev–Trinajstić information content (AvgIpc) is 2.87. The summed E-state index contributed by atoms with van der Waals surface area (Å²) in [5.41, 5.74) is 1.98. The van der Waals surface area contributed by atoms with Crippen molar-refractivity contribution in [2.24, 2.45) is 0 Å². The van der Waals surface area contributed by atoms with E-state index in [9.17, 15) is 9.18 Å². The van der Waals surface area contributed by atoms with Gasteiger partial charge in [0.15, 0.2) is 0 Å². The monoisotopic (exact) mass is 347 g/mol. The van der Waals surface area contributed by atoms with Crippen LogP contribution >= 0.6 is 15.9 Å². The Morgan fingerprint density at radius 2 is 1.95 bits per heavy atom. The van der Waals surface area contributed by atoms with Gasteiger partial charge in [-0.25, -0.2) is 9.37 Å². The molecular weight excluding hydrogens is 337 g/mol. The standard InChI is InChI=1S/C15H11BrFN3O/c16-11-3-6-14-19-13(9-20(14)8-11)7-18-15(21)10-1-4-12(17)5-2-10/h1-6,8-9H,7H2,(H,18,21). The largest absolute Gasteiger partial charge is 0.346 e. The van der Waals surface area contributed by atoms with Crippen LogP contribution in [-0.4, -0.2) is 15.3 Å². The van der Waals surface area contributed by atoms with Crippen LogP contribution in [0.5, 0.6) is 0 Å². The lowest BCUT2D eigenvalue weighted by Gasteiger charge is -2.02. The number of nitrogens with one attached hydrogen (secondary N) is 1. The van der Waals surface area contributed by atoms with E-state index in [1.807, 2.05) is 28.9 Å². The third-order valence-corrected chi connectivity index (χ3v) is 3.47. The molecule has 21 heavy (non-hydrogen) atoms. The van der Waals surface area contributed by atoms with E-state index in [1.165, 1.54) is 24.3 Å². The van der Waals surface area contributed by atoms with Gasteiger partial charge in [0.05, 0.1) is 12.2 Å². The molecule has 4 nitrogen and oxygen atoms in total. The number of hydrogen-bond donors (Lipinski definition) is 1. The Labute approximate surface area is 128 Å². The second-order valence-electron chi connectivity index (χ2n) is 4.53. The van der Waals surface area contributed by atoms with Gasteiger partial charge in [-0.15, -0.1) is 0 Å². The molecule has 1 amide bonds. The van der Waals surface area contributed by atoms with E-state index in [0.29, 0.717) is 12.1 Å². The fourth-order valence-electron chi connectivity index (χ4n) is 1.98. The quantitative estimate of drug-likeness (QED) is 0.790. The van der Waals surface area contributed by atoms with E-state index in [-0.39, 0.29) is 11.7 Å². The lowest BCUT2D eigenvalue weighted by atomic mass is 10.2. The van der Waals surface area contributed by atoms with Gasteiger partial charge < -0.3 is 9.72 Å². The van der Waals surface area contributed by atoms with Gasteiger partial charge in [0.25, 0.3) is 5.91 Å². The van der Waals surface area contributed by atoms with Crippen LogP contribution in [0.4, 0.5) is 4.39 Å². The number of imidazole rings is 1. The van der Waals surface area contributed by atoms with Gasteiger partial charge in [-0.05, 0) is 52.3 Å². The number of pyridine rings is 1. The summed E-state index contributed by atoms with van der Waals surface area (Å²) in [5.74, 6) is -0.620. The molecule has 3 aromatic rings. The summed E-state index contributed by atoms with van der Waals surface area (Å²) in [5, 5.41) is 2.76. The van der Waals surface area contributed by atoms with Gasteiger partial charge in [0.1, 0.15) is 11.5 Å². The minimum atomic E-state index is -0.363. The van der Waals surface area contributed by atoms with E-state index < -0.39 is 0 Å². The van der Waals surface area contributed by atoms with Crippen molar-refractivity contribution in [3.05, 3.63) is 70.3 Å². The van der Waals surface area contributed by atoms with Crippen LogP contribution in [-0.2, 0) is 6.54 Å². The summed E-state index contributed by atoms with van der Waals surface area (Å²) in [6.45, 7) is 0.315. The van der Waals surface area contributed by atoms with Crippen molar-refractivity contribution in [1.29, 1.82) is 0 Å². The Kier molecular flexibility index (Phi) is 3.70. The predicted molar refractivity (Wildman–Crippen MR) is 80.5 cm³/mol. The first kappa shape index (κ1) is 13.8. The molecule has 0 unspecified atom stereocenters. The molecule has 2 heterocycles. The van der Waals surface area contributed by atoms with Gasteiger partial charge >= 0.3 is 0 Å². The van der Waals surface area contributed by atoms with Gasteiger partial charge in [0.2, 0.25) is 0 Å². The average molecular weight is 348 g/mol. The van der Waals surface area contributed by atoms with Crippen LogP contribution in [0.25, 0.3) is 5.65 Å². The van der Waals surface area contributed by atoms with Crippen molar-refractivity contribution in [3.63, 3.8) is 0 Å². The highest BCUT2D eigenvalue weighted by Gasteiger charge is 2.07.